The van der Waals surface area contributed by atoms with Crippen LogP contribution in [0.15, 0.2) is 81.9 Å². The predicted molar refractivity (Wildman–Crippen MR) is 98.8 cm³/mol. The van der Waals surface area contributed by atoms with Gasteiger partial charge in [-0.15, -0.1) is 11.8 Å². The van der Waals surface area contributed by atoms with Crippen molar-refractivity contribution in [1.82, 2.24) is 9.97 Å². The number of nitrogens with one attached hydrogen (secondary N) is 1. The number of thioether (sulfide) groups is 1. The molecule has 0 saturated carbocycles. The monoisotopic (exact) mass is 353 g/mol. The SMILES string of the molecule is CSc1ccc(NC(=O)c2ccc(Sc3ccccn3)cc2)cn1. The highest BCUT2D eigenvalue weighted by atomic mass is 32.2. The van der Waals surface area contributed by atoms with Crippen molar-refractivity contribution < 1.29 is 4.79 Å². The molecule has 2 aromatic heterocycles. The molecular weight excluding hydrogens is 338 g/mol. The molecular formula is C18H15N3OS2. The fourth-order valence-electron chi connectivity index (χ4n) is 1.98. The Bertz CT molecular complexity index is 806. The van der Waals surface area contributed by atoms with E-state index in [1.807, 2.05) is 60.9 Å². The molecule has 24 heavy (non-hydrogen) atoms. The number of carbonyl (C=O) groups is 1. The average molecular weight is 353 g/mol. The van der Waals surface area contributed by atoms with Crippen LogP contribution < -0.4 is 5.32 Å². The van der Waals surface area contributed by atoms with Crippen LogP contribution in [0.4, 0.5) is 5.69 Å². The van der Waals surface area contributed by atoms with Crippen LogP contribution in [0.5, 0.6) is 0 Å². The molecule has 3 aromatic rings. The fraction of sp³-hybridized carbons (Fsp3) is 0.0556. The molecule has 1 N–H and O–H groups in total. The summed E-state index contributed by atoms with van der Waals surface area (Å²) in [6.07, 6.45) is 5.39. The maximum atomic E-state index is 12.3. The quantitative estimate of drug-likeness (QED) is 0.679. The number of pyridine rings is 2. The molecule has 0 saturated heterocycles. The molecule has 0 atom stereocenters. The molecule has 2 heterocycles. The third-order valence-electron chi connectivity index (χ3n) is 3.18. The van der Waals surface area contributed by atoms with E-state index < -0.39 is 0 Å². The summed E-state index contributed by atoms with van der Waals surface area (Å²) < 4.78 is 0. The normalized spacial score (nSPS) is 10.4. The lowest BCUT2D eigenvalue weighted by Gasteiger charge is -2.06. The Balaban J connectivity index is 1.64. The van der Waals surface area contributed by atoms with E-state index in [0.717, 1.165) is 14.9 Å². The fourth-order valence-corrected chi connectivity index (χ4v) is 3.12. The maximum Gasteiger partial charge on any atom is 0.255 e. The van der Waals surface area contributed by atoms with Crippen molar-refractivity contribution in [3.8, 4) is 0 Å². The molecule has 0 unspecified atom stereocenters. The molecule has 0 aliphatic rings. The van der Waals surface area contributed by atoms with E-state index in [-0.39, 0.29) is 5.91 Å². The first-order valence-corrected chi connectivity index (χ1v) is 9.29. The lowest BCUT2D eigenvalue weighted by atomic mass is 10.2. The molecule has 4 nitrogen and oxygen atoms in total. The van der Waals surface area contributed by atoms with Gasteiger partial charge in [-0.25, -0.2) is 9.97 Å². The van der Waals surface area contributed by atoms with Gasteiger partial charge >= 0.3 is 0 Å². The van der Waals surface area contributed by atoms with Gasteiger partial charge < -0.3 is 5.32 Å². The average Bonchev–Trinajstić information content (AvgIpc) is 2.64. The van der Waals surface area contributed by atoms with Gasteiger partial charge in [-0.2, -0.15) is 0 Å². The van der Waals surface area contributed by atoms with Crippen molar-refractivity contribution in [1.29, 1.82) is 0 Å². The topological polar surface area (TPSA) is 54.9 Å². The molecule has 0 aliphatic heterocycles. The van der Waals surface area contributed by atoms with Gasteiger partial charge in [0.15, 0.2) is 0 Å². The maximum absolute atomic E-state index is 12.3. The van der Waals surface area contributed by atoms with Crippen LogP contribution in [0.25, 0.3) is 0 Å². The summed E-state index contributed by atoms with van der Waals surface area (Å²) in [4.78, 5) is 21.8. The molecule has 0 aliphatic carbocycles. The van der Waals surface area contributed by atoms with E-state index >= 15 is 0 Å². The Morgan fingerprint density at radius 3 is 2.42 bits per heavy atom. The van der Waals surface area contributed by atoms with Crippen LogP contribution in [0.2, 0.25) is 0 Å². The first-order chi connectivity index (χ1) is 11.7. The van der Waals surface area contributed by atoms with E-state index in [1.165, 1.54) is 0 Å². The molecule has 0 fully saturated rings. The third-order valence-corrected chi connectivity index (χ3v) is 4.80. The summed E-state index contributed by atoms with van der Waals surface area (Å²) in [5, 5.41) is 4.69. The second kappa shape index (κ2) is 7.99. The number of carbonyl (C=O) groups excluding carboxylic acids is 1. The highest BCUT2D eigenvalue weighted by Gasteiger charge is 2.07. The van der Waals surface area contributed by atoms with Crippen LogP contribution in [0.3, 0.4) is 0 Å². The van der Waals surface area contributed by atoms with Crippen LogP contribution in [0, 0.1) is 0 Å². The zero-order chi connectivity index (χ0) is 16.8. The van der Waals surface area contributed by atoms with Crippen LogP contribution in [-0.4, -0.2) is 22.1 Å². The molecule has 3 rings (SSSR count). The minimum absolute atomic E-state index is 0.150. The van der Waals surface area contributed by atoms with Crippen molar-refractivity contribution in [3.05, 3.63) is 72.6 Å². The van der Waals surface area contributed by atoms with Gasteiger partial charge in [0.2, 0.25) is 0 Å². The van der Waals surface area contributed by atoms with E-state index in [2.05, 4.69) is 15.3 Å². The number of aromatic nitrogens is 2. The van der Waals surface area contributed by atoms with E-state index in [0.29, 0.717) is 11.3 Å². The standard InChI is InChI=1S/C18H15N3OS2/c1-23-16-10-7-14(12-20-16)21-18(22)13-5-8-15(9-6-13)24-17-4-2-3-11-19-17/h2-12H,1H3,(H,21,22). The number of hydrogen-bond donors (Lipinski definition) is 1. The first-order valence-electron chi connectivity index (χ1n) is 7.25. The number of anilines is 1. The van der Waals surface area contributed by atoms with Gasteiger partial charge in [0.1, 0.15) is 5.03 Å². The van der Waals surface area contributed by atoms with E-state index in [9.17, 15) is 4.79 Å². The summed E-state index contributed by atoms with van der Waals surface area (Å²) in [5.41, 5.74) is 1.29. The largest absolute Gasteiger partial charge is 0.321 e. The number of amides is 1. The third kappa shape index (κ3) is 4.37. The predicted octanol–water partition coefficient (Wildman–Crippen LogP) is 4.60. The number of hydrogen-bond acceptors (Lipinski definition) is 5. The Morgan fingerprint density at radius 2 is 1.79 bits per heavy atom. The molecule has 6 heteroatoms. The summed E-state index contributed by atoms with van der Waals surface area (Å²) in [6, 6.07) is 17.0. The van der Waals surface area contributed by atoms with Gasteiger partial charge in [-0.05, 0) is 54.8 Å². The Kier molecular flexibility index (Phi) is 5.51. The van der Waals surface area contributed by atoms with Crippen molar-refractivity contribution in [2.24, 2.45) is 0 Å². The minimum Gasteiger partial charge on any atom is -0.321 e. The van der Waals surface area contributed by atoms with Crippen molar-refractivity contribution >= 4 is 35.1 Å². The van der Waals surface area contributed by atoms with E-state index in [4.69, 9.17) is 0 Å². The lowest BCUT2D eigenvalue weighted by molar-refractivity contribution is 0.102. The minimum atomic E-state index is -0.150. The van der Waals surface area contributed by atoms with Crippen LogP contribution in [-0.2, 0) is 0 Å². The highest BCUT2D eigenvalue weighted by molar-refractivity contribution is 7.99. The Labute approximate surface area is 149 Å². The van der Waals surface area contributed by atoms with Gasteiger partial charge in [0.05, 0.1) is 16.9 Å². The second-order valence-corrected chi connectivity index (χ2v) is 6.76. The van der Waals surface area contributed by atoms with Gasteiger partial charge in [-0.3, -0.25) is 4.79 Å². The summed E-state index contributed by atoms with van der Waals surface area (Å²) in [5.74, 6) is -0.150. The molecule has 0 spiro atoms. The van der Waals surface area contributed by atoms with Gasteiger partial charge in [-0.1, -0.05) is 17.8 Å². The van der Waals surface area contributed by atoms with Crippen molar-refractivity contribution in [3.63, 3.8) is 0 Å². The number of rotatable bonds is 5. The molecule has 1 amide bonds. The molecule has 0 bridgehead atoms. The lowest BCUT2D eigenvalue weighted by Crippen LogP contribution is -2.11. The Hall–Kier alpha value is -2.31. The summed E-state index contributed by atoms with van der Waals surface area (Å²) in [7, 11) is 0. The highest BCUT2D eigenvalue weighted by Crippen LogP contribution is 2.25. The van der Waals surface area contributed by atoms with Crippen molar-refractivity contribution in [2.45, 2.75) is 14.9 Å². The first kappa shape index (κ1) is 16.5. The van der Waals surface area contributed by atoms with Crippen LogP contribution >= 0.6 is 23.5 Å². The van der Waals surface area contributed by atoms with Gasteiger partial charge in [0, 0.05) is 16.7 Å². The summed E-state index contributed by atoms with van der Waals surface area (Å²) in [6.45, 7) is 0. The van der Waals surface area contributed by atoms with E-state index in [1.54, 1.807) is 35.9 Å². The van der Waals surface area contributed by atoms with Crippen molar-refractivity contribution in [2.75, 3.05) is 11.6 Å². The second-order valence-electron chi connectivity index (χ2n) is 4.84. The van der Waals surface area contributed by atoms with Gasteiger partial charge in [0.25, 0.3) is 5.91 Å². The summed E-state index contributed by atoms with van der Waals surface area (Å²) >= 11 is 3.12. The number of nitrogens with zero attached hydrogens (tertiary/aromatic N) is 2. The zero-order valence-corrected chi connectivity index (χ0v) is 14.6. The Morgan fingerprint density at radius 1 is 0.958 bits per heavy atom. The smallest absolute Gasteiger partial charge is 0.255 e. The molecule has 120 valence electrons. The molecule has 0 radical (unpaired) electrons. The number of benzene rings is 1. The zero-order valence-electron chi connectivity index (χ0n) is 13.0. The molecule has 1 aromatic carbocycles. The van der Waals surface area contributed by atoms with Crippen LogP contribution in [0.1, 0.15) is 10.4 Å².